The maximum absolute atomic E-state index is 15.8. The molecule has 0 bridgehead atoms. The molecule has 6 aliphatic heterocycles. The quantitative estimate of drug-likeness (QED) is 0.0638. The molecule has 4 saturated heterocycles. The van der Waals surface area contributed by atoms with Crippen molar-refractivity contribution in [3.8, 4) is 33.4 Å². The minimum absolute atomic E-state index is 0.00670. The molecule has 13 rings (SSSR count). The summed E-state index contributed by atoms with van der Waals surface area (Å²) in [4.78, 5) is 81.1. The molecule has 586 valence electrons. The van der Waals surface area contributed by atoms with E-state index in [4.69, 9.17) is 4.74 Å². The Balaban J connectivity index is 0.000000165. The Morgan fingerprint density at radius 3 is 1.29 bits per heavy atom. The minimum Gasteiger partial charge on any atom is -0.378 e. The fourth-order valence-electron chi connectivity index (χ4n) is 13.3. The van der Waals surface area contributed by atoms with Crippen LogP contribution in [0.15, 0.2) is 163 Å². The lowest BCUT2D eigenvalue weighted by Crippen LogP contribution is -2.55. The highest BCUT2D eigenvalue weighted by molar-refractivity contribution is 6.11. The highest BCUT2D eigenvalue weighted by Gasteiger charge is 2.42. The summed E-state index contributed by atoms with van der Waals surface area (Å²) in [5.74, 6) is -2.68. The predicted octanol–water partition coefficient (Wildman–Crippen LogP) is 11.8. The van der Waals surface area contributed by atoms with Gasteiger partial charge in [-0.15, -0.1) is 0 Å². The number of likely N-dealkylation sites (N-methyl/N-ethyl adjacent to an activating group) is 3. The van der Waals surface area contributed by atoms with Gasteiger partial charge in [0.2, 0.25) is 11.9 Å². The molecular weight excluding hydrogens is 1450 g/mol. The molecule has 4 aromatic carbocycles. The summed E-state index contributed by atoms with van der Waals surface area (Å²) in [5, 5.41) is 13.4. The van der Waals surface area contributed by atoms with Crippen LogP contribution in [-0.2, 0) is 14.3 Å². The molecule has 32 heteroatoms. The Labute approximate surface area is 638 Å². The number of aryl methyl sites for hydroxylation is 2. The number of hydrogen-bond acceptors (Lipinski definition) is 20. The summed E-state index contributed by atoms with van der Waals surface area (Å²) < 4.78 is 133. The zero-order valence-corrected chi connectivity index (χ0v) is 63.2. The first-order valence-electron chi connectivity index (χ1n) is 35.9. The first kappa shape index (κ1) is 80.8. The van der Waals surface area contributed by atoms with Crippen molar-refractivity contribution in [1.82, 2.24) is 55.2 Å². The van der Waals surface area contributed by atoms with Gasteiger partial charge < -0.3 is 65.6 Å². The molecule has 3 aromatic heterocycles. The van der Waals surface area contributed by atoms with E-state index in [1.807, 2.05) is 49.9 Å². The first-order valence-corrected chi connectivity index (χ1v) is 35.9. The molecule has 4 fully saturated rings. The fraction of sp³-hybridized carbons (Fsp3) is 0.354. The Kier molecular flexibility index (Phi) is 25.0. The van der Waals surface area contributed by atoms with Crippen LogP contribution in [0.3, 0.4) is 0 Å². The number of rotatable bonds is 14. The van der Waals surface area contributed by atoms with Gasteiger partial charge in [-0.2, -0.15) is 26.3 Å². The van der Waals surface area contributed by atoms with E-state index in [0.29, 0.717) is 128 Å². The van der Waals surface area contributed by atoms with E-state index in [2.05, 4.69) is 122 Å². The number of halogens is 9. The first-order chi connectivity index (χ1) is 52.7. The third-order valence-corrected chi connectivity index (χ3v) is 20.2. The number of benzene rings is 4. The average molecular weight is 1540 g/mol. The van der Waals surface area contributed by atoms with Crippen LogP contribution in [0.5, 0.6) is 0 Å². The summed E-state index contributed by atoms with van der Waals surface area (Å²) in [6.07, 6.45) is 4.26. The molecule has 0 saturated carbocycles. The third kappa shape index (κ3) is 19.3. The minimum atomic E-state index is -4.77. The van der Waals surface area contributed by atoms with Crippen LogP contribution in [0, 0.1) is 38.2 Å². The number of ether oxygens (including phenoxy) is 1. The largest absolute Gasteiger partial charge is 0.417 e. The van der Waals surface area contributed by atoms with Gasteiger partial charge >= 0.3 is 12.4 Å². The van der Waals surface area contributed by atoms with Gasteiger partial charge in [-0.3, -0.25) is 19.3 Å². The molecule has 0 radical (unpaired) electrons. The third-order valence-electron chi connectivity index (χ3n) is 20.2. The number of anilines is 8. The SMILES string of the molecule is C=C1C=C(C(F)(F)F)C(C(=O)Nc2cc(-c3cnc(N(C)C)nc3)c(F)cc2N2CCN(C)CC2)=CN1.C=C1C=C(C(F)(F)F)C(C(=O)Nc2cc(-c3cncnc3)c(F)cc2N2CCN(C)CC2)=CN1.Cc1cc(C(=O)Nc2cc(-c3cnc(N4CCOCC4)nc3)c(F)cc2N2C[C@@H](C)N(C)[C@@H](C)C2)cc(C)c1C. The van der Waals surface area contributed by atoms with Crippen LogP contribution in [0.1, 0.15) is 40.9 Å². The number of dihydropyridines is 2. The molecule has 111 heavy (non-hydrogen) atoms. The lowest BCUT2D eigenvalue weighted by atomic mass is 10.00. The number of aromatic nitrogens is 6. The lowest BCUT2D eigenvalue weighted by Gasteiger charge is -2.44. The summed E-state index contributed by atoms with van der Waals surface area (Å²) in [5.41, 5.74) is 4.64. The van der Waals surface area contributed by atoms with Gasteiger partial charge in [-0.1, -0.05) is 13.2 Å². The number of amides is 3. The van der Waals surface area contributed by atoms with Crippen molar-refractivity contribution in [2.75, 3.05) is 167 Å². The maximum Gasteiger partial charge on any atom is 0.417 e. The van der Waals surface area contributed by atoms with E-state index in [0.717, 1.165) is 61.9 Å². The van der Waals surface area contributed by atoms with Crippen molar-refractivity contribution < 1.29 is 58.6 Å². The van der Waals surface area contributed by atoms with E-state index < -0.39 is 58.1 Å². The van der Waals surface area contributed by atoms with E-state index in [1.165, 1.54) is 67.0 Å². The van der Waals surface area contributed by atoms with Crippen LogP contribution in [-0.4, -0.2) is 214 Å². The number of carbonyl (C=O) groups is 3. The molecule has 5 N–H and O–H groups in total. The summed E-state index contributed by atoms with van der Waals surface area (Å²) in [6.45, 7) is 26.5. The maximum atomic E-state index is 15.8. The van der Waals surface area contributed by atoms with Crippen molar-refractivity contribution in [1.29, 1.82) is 0 Å². The number of hydrogen-bond donors (Lipinski definition) is 5. The molecule has 0 spiro atoms. The fourth-order valence-corrected chi connectivity index (χ4v) is 13.3. The molecule has 23 nitrogen and oxygen atoms in total. The van der Waals surface area contributed by atoms with Crippen LogP contribution >= 0.6 is 0 Å². The second-order valence-corrected chi connectivity index (χ2v) is 28.2. The summed E-state index contributed by atoms with van der Waals surface area (Å²) in [7, 11) is 9.56. The van der Waals surface area contributed by atoms with Gasteiger partial charge in [-0.05, 0) is 133 Å². The zero-order chi connectivity index (χ0) is 79.9. The second-order valence-electron chi connectivity index (χ2n) is 28.2. The van der Waals surface area contributed by atoms with Crippen LogP contribution in [0.4, 0.5) is 85.5 Å². The van der Waals surface area contributed by atoms with Crippen molar-refractivity contribution >= 4 is 63.7 Å². The summed E-state index contributed by atoms with van der Waals surface area (Å²) in [6, 6.07) is 13.0. The lowest BCUT2D eigenvalue weighted by molar-refractivity contribution is -0.115. The Morgan fingerprint density at radius 2 is 0.892 bits per heavy atom. The predicted molar refractivity (Wildman–Crippen MR) is 413 cm³/mol. The van der Waals surface area contributed by atoms with Crippen molar-refractivity contribution in [3.05, 3.63) is 203 Å². The molecule has 3 amide bonds. The van der Waals surface area contributed by atoms with Gasteiger partial charge in [0.05, 0.1) is 69.6 Å². The summed E-state index contributed by atoms with van der Waals surface area (Å²) >= 11 is 0. The normalized spacial score (nSPS) is 18.0. The number of nitrogens with zero attached hydrogens (tertiary/aromatic N) is 14. The van der Waals surface area contributed by atoms with Gasteiger partial charge in [0.25, 0.3) is 17.7 Å². The number of carbonyl (C=O) groups excluding carboxylic acids is 3. The van der Waals surface area contributed by atoms with Crippen LogP contribution < -0.4 is 51.1 Å². The number of piperazine rings is 3. The van der Waals surface area contributed by atoms with E-state index in [-0.39, 0.29) is 57.7 Å². The molecule has 9 heterocycles. The second kappa shape index (κ2) is 34.4. The Hall–Kier alpha value is -11.2. The Bertz CT molecular complexity index is 4730. The molecular formula is C79H88F9N19O4. The zero-order valence-electron chi connectivity index (χ0n) is 63.2. The van der Waals surface area contributed by atoms with Crippen LogP contribution in [0.25, 0.3) is 33.4 Å². The van der Waals surface area contributed by atoms with E-state index in [1.54, 1.807) is 37.5 Å². The highest BCUT2D eigenvalue weighted by Crippen LogP contribution is 2.42. The number of alkyl halides is 6. The smallest absolute Gasteiger partial charge is 0.378 e. The van der Waals surface area contributed by atoms with Crippen molar-refractivity contribution in [3.63, 3.8) is 0 Å². The highest BCUT2D eigenvalue weighted by atomic mass is 19.4. The molecule has 6 aliphatic rings. The monoisotopic (exact) mass is 1540 g/mol. The molecule has 7 aromatic rings. The topological polar surface area (TPSA) is 224 Å². The van der Waals surface area contributed by atoms with Crippen molar-refractivity contribution in [2.45, 2.75) is 59.1 Å². The number of nitrogens with one attached hydrogen (secondary N) is 5. The molecule has 0 aliphatic carbocycles. The standard InChI is InChI=1S/C31H39FN6O2.C25H27F4N7O.C23H22F4N6O/c1-19-11-24(12-20(2)23(19)5)30(39)35-28-13-26(25-15-33-31(34-16-25)37-7-9-40-10-8-37)27(32)14-29(28)38-17-21(3)36(6)22(4)18-38;1-15-9-19(25(27,28)29)18(14-30-15)23(37)33-21-10-17(16-12-31-24(32-13-16)34(2)3)20(26)11-22(21)36-7-5-35(4)6-8-36;1-14-7-18(23(25,26)27)17(12-30-14)22(34)31-20-8-16(15-10-28-13-29-11-15)19(24)9-21(20)33-5-3-32(2)4-6-33/h11-16,21-22H,7-10,17-18H2,1-6H3,(H,35,39);9-14,30H,1,5-8H2,2-4H3,(H,33,37);7-13,30H,1,3-6H2,2H3,(H,31,34)/t21-,22+;;. The number of allylic oxidation sites excluding steroid dienone is 2. The average Bonchev–Trinajstić information content (AvgIpc) is 0.815. The van der Waals surface area contributed by atoms with Gasteiger partial charge in [-0.25, -0.2) is 43.1 Å². The van der Waals surface area contributed by atoms with Gasteiger partial charge in [0, 0.05) is 205 Å². The van der Waals surface area contributed by atoms with Crippen molar-refractivity contribution in [2.24, 2.45) is 0 Å². The van der Waals surface area contributed by atoms with E-state index in [9.17, 15) is 40.7 Å². The van der Waals surface area contributed by atoms with Gasteiger partial charge in [0.15, 0.2) is 0 Å². The van der Waals surface area contributed by atoms with E-state index >= 15 is 13.2 Å². The molecule has 2 atom stereocenters. The van der Waals surface area contributed by atoms with Crippen LogP contribution in [0.2, 0.25) is 0 Å². The molecule has 0 unspecified atom stereocenters. The number of morpholine rings is 1. The van der Waals surface area contributed by atoms with Gasteiger partial charge in [0.1, 0.15) is 23.8 Å². The Morgan fingerprint density at radius 1 is 0.514 bits per heavy atom.